The summed E-state index contributed by atoms with van der Waals surface area (Å²) >= 11 is 6.20. The number of carbonyl (C=O) groups is 1. The minimum atomic E-state index is -0.302. The van der Waals surface area contributed by atoms with E-state index in [0.29, 0.717) is 28.9 Å². The molecule has 1 aliphatic rings. The molecule has 0 saturated carbocycles. The Balaban J connectivity index is 1.88. The molecule has 0 N–H and O–H groups in total. The average Bonchev–Trinajstić information content (AvgIpc) is 2.83. The second kappa shape index (κ2) is 10.1. The van der Waals surface area contributed by atoms with Gasteiger partial charge in [-0.05, 0) is 77.9 Å². The van der Waals surface area contributed by atoms with Gasteiger partial charge in [0, 0.05) is 10.7 Å². The fraction of sp³-hybridized carbons (Fsp3) is 0.345. The van der Waals surface area contributed by atoms with Crippen LogP contribution in [0.5, 0.6) is 11.5 Å². The summed E-state index contributed by atoms with van der Waals surface area (Å²) in [7, 11) is 1.63. The maximum atomic E-state index is 13.6. The summed E-state index contributed by atoms with van der Waals surface area (Å²) < 4.78 is 11.8. The van der Waals surface area contributed by atoms with E-state index in [1.54, 1.807) is 7.11 Å². The molecule has 1 aliphatic heterocycles. The van der Waals surface area contributed by atoms with Crippen molar-refractivity contribution in [2.45, 2.75) is 58.6 Å². The van der Waals surface area contributed by atoms with E-state index in [1.807, 2.05) is 60.4 Å². The molecule has 0 saturated heterocycles. The van der Waals surface area contributed by atoms with Crippen LogP contribution in [0.3, 0.4) is 0 Å². The second-order valence-corrected chi connectivity index (χ2v) is 9.62. The minimum absolute atomic E-state index is 0.0439. The standard InChI is InChI=1S/C29H32ClNO3/c1-6-19(4)34-27-17-25-22(15-26(27)33-5)16-28(32)31(24-13-9-20(10-14-24)18(2)3)29(25)21-7-11-23(30)12-8-21/h7-15,17-19,29H,6,16H2,1-5H3/t19-,29?/m1/s1. The molecule has 1 unspecified atom stereocenters. The summed E-state index contributed by atoms with van der Waals surface area (Å²) in [6, 6.07) is 19.7. The summed E-state index contributed by atoms with van der Waals surface area (Å²) in [6.07, 6.45) is 1.23. The average molecular weight is 478 g/mol. The van der Waals surface area contributed by atoms with Crippen molar-refractivity contribution in [1.82, 2.24) is 0 Å². The van der Waals surface area contributed by atoms with E-state index < -0.39 is 0 Å². The molecular weight excluding hydrogens is 446 g/mol. The van der Waals surface area contributed by atoms with Gasteiger partial charge in [-0.3, -0.25) is 4.79 Å². The van der Waals surface area contributed by atoms with Gasteiger partial charge in [-0.15, -0.1) is 0 Å². The first-order valence-electron chi connectivity index (χ1n) is 11.9. The topological polar surface area (TPSA) is 38.8 Å². The molecule has 1 amide bonds. The first-order chi connectivity index (χ1) is 16.3. The Hall–Kier alpha value is -2.98. The van der Waals surface area contributed by atoms with Crippen LogP contribution < -0.4 is 14.4 Å². The van der Waals surface area contributed by atoms with E-state index in [1.165, 1.54) is 5.56 Å². The molecule has 2 atom stereocenters. The predicted octanol–water partition coefficient (Wildman–Crippen LogP) is 7.33. The van der Waals surface area contributed by atoms with Crippen molar-refractivity contribution in [3.05, 3.63) is 87.9 Å². The maximum Gasteiger partial charge on any atom is 0.232 e. The first-order valence-corrected chi connectivity index (χ1v) is 12.2. The van der Waals surface area contributed by atoms with E-state index in [-0.39, 0.29) is 18.1 Å². The lowest BCUT2D eigenvalue weighted by Crippen LogP contribution is -2.41. The SMILES string of the molecule is CC[C@@H](C)Oc1cc2c(cc1OC)CC(=O)N(c1ccc(C(C)C)cc1)C2c1ccc(Cl)cc1. The van der Waals surface area contributed by atoms with Crippen LogP contribution in [0.4, 0.5) is 5.69 Å². The molecule has 178 valence electrons. The third-order valence-corrected chi connectivity index (χ3v) is 6.77. The second-order valence-electron chi connectivity index (χ2n) is 9.18. The van der Waals surface area contributed by atoms with Crippen molar-refractivity contribution in [3.63, 3.8) is 0 Å². The Labute approximate surface area is 207 Å². The molecule has 1 heterocycles. The number of hydrogen-bond donors (Lipinski definition) is 0. The largest absolute Gasteiger partial charge is 0.493 e. The van der Waals surface area contributed by atoms with Gasteiger partial charge in [-0.1, -0.05) is 56.6 Å². The molecule has 5 heteroatoms. The Bertz CT molecular complexity index is 1160. The monoisotopic (exact) mass is 477 g/mol. The first kappa shape index (κ1) is 24.2. The summed E-state index contributed by atoms with van der Waals surface area (Å²) in [5.74, 6) is 1.81. The fourth-order valence-corrected chi connectivity index (χ4v) is 4.52. The van der Waals surface area contributed by atoms with Crippen molar-refractivity contribution in [2.24, 2.45) is 0 Å². The molecule has 4 rings (SSSR count). The smallest absolute Gasteiger partial charge is 0.232 e. The van der Waals surface area contributed by atoms with Crippen LogP contribution in [-0.2, 0) is 11.2 Å². The lowest BCUT2D eigenvalue weighted by atomic mass is 9.86. The van der Waals surface area contributed by atoms with Gasteiger partial charge in [-0.25, -0.2) is 0 Å². The molecule has 0 bridgehead atoms. The van der Waals surface area contributed by atoms with Crippen molar-refractivity contribution < 1.29 is 14.3 Å². The third-order valence-electron chi connectivity index (χ3n) is 6.52. The number of benzene rings is 3. The zero-order valence-electron chi connectivity index (χ0n) is 20.5. The van der Waals surface area contributed by atoms with Gasteiger partial charge >= 0.3 is 0 Å². The van der Waals surface area contributed by atoms with Crippen LogP contribution >= 0.6 is 11.6 Å². The van der Waals surface area contributed by atoms with Crippen LogP contribution in [0.15, 0.2) is 60.7 Å². The molecule has 34 heavy (non-hydrogen) atoms. The number of hydrogen-bond acceptors (Lipinski definition) is 3. The van der Waals surface area contributed by atoms with E-state index in [9.17, 15) is 4.79 Å². The maximum absolute atomic E-state index is 13.6. The molecule has 3 aromatic rings. The van der Waals surface area contributed by atoms with Gasteiger partial charge in [0.05, 0.1) is 25.7 Å². The summed E-state index contributed by atoms with van der Waals surface area (Å²) in [6.45, 7) is 8.47. The third kappa shape index (κ3) is 4.78. The van der Waals surface area contributed by atoms with E-state index in [2.05, 4.69) is 32.9 Å². The molecule has 0 radical (unpaired) electrons. The highest BCUT2D eigenvalue weighted by Crippen LogP contribution is 2.44. The van der Waals surface area contributed by atoms with Crippen LogP contribution in [0, 0.1) is 0 Å². The molecule has 3 aromatic carbocycles. The van der Waals surface area contributed by atoms with Gasteiger partial charge in [0.1, 0.15) is 0 Å². The van der Waals surface area contributed by atoms with E-state index in [0.717, 1.165) is 28.8 Å². The van der Waals surface area contributed by atoms with E-state index in [4.69, 9.17) is 21.1 Å². The Kier molecular flexibility index (Phi) is 7.18. The fourth-order valence-electron chi connectivity index (χ4n) is 4.39. The van der Waals surface area contributed by atoms with Crippen molar-refractivity contribution >= 4 is 23.2 Å². The van der Waals surface area contributed by atoms with Gasteiger partial charge < -0.3 is 14.4 Å². The van der Waals surface area contributed by atoms with Crippen LogP contribution in [0.25, 0.3) is 0 Å². The molecular formula is C29H32ClNO3. The molecule has 0 aliphatic carbocycles. The van der Waals surface area contributed by atoms with Crippen molar-refractivity contribution in [2.75, 3.05) is 12.0 Å². The van der Waals surface area contributed by atoms with E-state index >= 15 is 0 Å². The highest BCUT2D eigenvalue weighted by Gasteiger charge is 2.36. The van der Waals surface area contributed by atoms with Gasteiger partial charge in [-0.2, -0.15) is 0 Å². The summed E-state index contributed by atoms with van der Waals surface area (Å²) in [5, 5.41) is 0.662. The number of rotatable bonds is 7. The number of fused-ring (bicyclic) bond motifs is 1. The zero-order valence-corrected chi connectivity index (χ0v) is 21.2. The highest BCUT2D eigenvalue weighted by atomic mass is 35.5. The van der Waals surface area contributed by atoms with Crippen LogP contribution in [0.1, 0.15) is 68.3 Å². The molecule has 0 spiro atoms. The van der Waals surface area contributed by atoms with Gasteiger partial charge in [0.25, 0.3) is 0 Å². The summed E-state index contributed by atoms with van der Waals surface area (Å²) in [4.78, 5) is 15.5. The number of carbonyl (C=O) groups excluding carboxylic acids is 1. The van der Waals surface area contributed by atoms with Crippen LogP contribution in [-0.4, -0.2) is 19.1 Å². The Morgan fingerprint density at radius 1 is 1.00 bits per heavy atom. The number of amides is 1. The van der Waals surface area contributed by atoms with Gasteiger partial charge in [0.15, 0.2) is 11.5 Å². The Morgan fingerprint density at radius 3 is 2.26 bits per heavy atom. The van der Waals surface area contributed by atoms with Gasteiger partial charge in [0.2, 0.25) is 5.91 Å². The lowest BCUT2D eigenvalue weighted by Gasteiger charge is -2.38. The quantitative estimate of drug-likeness (QED) is 0.357. The minimum Gasteiger partial charge on any atom is -0.493 e. The zero-order chi connectivity index (χ0) is 24.4. The highest BCUT2D eigenvalue weighted by molar-refractivity contribution is 6.30. The Morgan fingerprint density at radius 2 is 1.68 bits per heavy atom. The summed E-state index contributed by atoms with van der Waals surface area (Å²) in [5.41, 5.74) is 5.10. The van der Waals surface area contributed by atoms with Crippen LogP contribution in [0.2, 0.25) is 5.02 Å². The number of methoxy groups -OCH3 is 1. The lowest BCUT2D eigenvalue weighted by molar-refractivity contribution is -0.118. The molecule has 0 aromatic heterocycles. The van der Waals surface area contributed by atoms with Crippen molar-refractivity contribution in [1.29, 1.82) is 0 Å². The number of anilines is 1. The number of nitrogens with zero attached hydrogens (tertiary/aromatic N) is 1. The molecule has 0 fully saturated rings. The molecule has 4 nitrogen and oxygen atoms in total. The predicted molar refractivity (Wildman–Crippen MR) is 138 cm³/mol. The number of halogens is 1. The normalized spacial score (nSPS) is 16.4. The number of ether oxygens (including phenoxy) is 2. The van der Waals surface area contributed by atoms with Crippen molar-refractivity contribution in [3.8, 4) is 11.5 Å².